The summed E-state index contributed by atoms with van der Waals surface area (Å²) in [6.45, 7) is 10.1. The van der Waals surface area contributed by atoms with Gasteiger partial charge in [-0.1, -0.05) is 74.0 Å². The van der Waals surface area contributed by atoms with E-state index in [1.165, 1.54) is 20.8 Å². The largest absolute Gasteiger partial charge is 0.310 e. The Kier molecular flexibility index (Phi) is 4.87. The Morgan fingerprint density at radius 1 is 1.05 bits per heavy atom. The van der Waals surface area contributed by atoms with Crippen LogP contribution in [-0.2, 0) is 0 Å². The van der Waals surface area contributed by atoms with E-state index in [9.17, 15) is 0 Å². The van der Waals surface area contributed by atoms with Gasteiger partial charge in [-0.2, -0.15) is 0 Å². The van der Waals surface area contributed by atoms with Crippen molar-refractivity contribution < 1.29 is 0 Å². The summed E-state index contributed by atoms with van der Waals surface area (Å²) in [7, 11) is 0. The molecule has 0 heterocycles. The molecular weight excluding hydrogens is 310 g/mol. The minimum atomic E-state index is 0.229. The molecule has 1 unspecified atom stereocenters. The molecule has 0 saturated carbocycles. The van der Waals surface area contributed by atoms with Crippen LogP contribution in [0.25, 0.3) is 10.8 Å². The Balaban J connectivity index is 2.63. The first kappa shape index (κ1) is 15.5. The Morgan fingerprint density at radius 2 is 1.70 bits per heavy atom. The number of fused-ring (bicyclic) bond motifs is 1. The summed E-state index contributed by atoms with van der Waals surface area (Å²) in [5.74, 6) is 0. The van der Waals surface area contributed by atoms with Gasteiger partial charge < -0.3 is 5.32 Å². The lowest BCUT2D eigenvalue weighted by Crippen LogP contribution is -2.34. The van der Waals surface area contributed by atoms with E-state index in [1.807, 2.05) is 0 Å². The second kappa shape index (κ2) is 6.28. The van der Waals surface area contributed by atoms with Gasteiger partial charge in [-0.05, 0) is 40.8 Å². The summed E-state index contributed by atoms with van der Waals surface area (Å²) in [5, 5.41) is 6.32. The first-order chi connectivity index (χ1) is 9.51. The molecule has 0 aliphatic rings. The van der Waals surface area contributed by atoms with E-state index >= 15 is 0 Å². The van der Waals surface area contributed by atoms with E-state index in [0.29, 0.717) is 6.04 Å². The quantitative estimate of drug-likeness (QED) is 0.741. The van der Waals surface area contributed by atoms with Crippen LogP contribution in [0.2, 0.25) is 0 Å². The van der Waals surface area contributed by atoms with Crippen molar-refractivity contribution in [2.24, 2.45) is 5.41 Å². The van der Waals surface area contributed by atoms with Gasteiger partial charge in [-0.25, -0.2) is 0 Å². The molecule has 1 atom stereocenters. The molecule has 2 aromatic rings. The molecule has 0 saturated heterocycles. The van der Waals surface area contributed by atoms with Crippen molar-refractivity contribution in [1.29, 1.82) is 0 Å². The van der Waals surface area contributed by atoms with Gasteiger partial charge in [0.1, 0.15) is 0 Å². The smallest absolute Gasteiger partial charge is 0.0377 e. The van der Waals surface area contributed by atoms with Crippen molar-refractivity contribution in [1.82, 2.24) is 5.32 Å². The zero-order valence-corrected chi connectivity index (χ0v) is 14.4. The molecule has 0 spiro atoms. The molecule has 0 bridgehead atoms. The lowest BCUT2D eigenvalue weighted by Gasteiger charge is -2.35. The maximum Gasteiger partial charge on any atom is 0.0377 e. The second-order valence-corrected chi connectivity index (χ2v) is 6.87. The topological polar surface area (TPSA) is 12.0 Å². The van der Waals surface area contributed by atoms with Crippen molar-refractivity contribution in [3.05, 3.63) is 46.4 Å². The molecule has 0 radical (unpaired) electrons. The molecule has 20 heavy (non-hydrogen) atoms. The van der Waals surface area contributed by atoms with Crippen LogP contribution < -0.4 is 5.32 Å². The van der Waals surface area contributed by atoms with E-state index in [-0.39, 0.29) is 5.41 Å². The first-order valence-electron chi connectivity index (χ1n) is 7.41. The highest BCUT2D eigenvalue weighted by molar-refractivity contribution is 9.10. The number of hydrogen-bond acceptors (Lipinski definition) is 1. The van der Waals surface area contributed by atoms with Crippen molar-refractivity contribution in [3.63, 3.8) is 0 Å². The normalized spacial score (nSPS) is 13.7. The van der Waals surface area contributed by atoms with Gasteiger partial charge in [0.2, 0.25) is 0 Å². The predicted molar refractivity (Wildman–Crippen MR) is 92.1 cm³/mol. The van der Waals surface area contributed by atoms with Crippen LogP contribution in [-0.4, -0.2) is 6.54 Å². The summed E-state index contributed by atoms with van der Waals surface area (Å²) >= 11 is 3.67. The molecular formula is C18H24BrN. The average molecular weight is 334 g/mol. The molecule has 0 fully saturated rings. The minimum absolute atomic E-state index is 0.229. The molecule has 2 rings (SSSR count). The zero-order chi connectivity index (χ0) is 14.8. The molecule has 1 nitrogen and oxygen atoms in total. The van der Waals surface area contributed by atoms with Gasteiger partial charge in [0, 0.05) is 10.5 Å². The number of rotatable bonds is 5. The average Bonchev–Trinajstić information content (AvgIpc) is 2.46. The standard InChI is InChI=1S/C18H24BrN/c1-5-18(3,4)17(20-6-2)15-11-12-16(19)14-10-8-7-9-13(14)15/h7-12,17,20H,5-6H2,1-4H3. The van der Waals surface area contributed by atoms with Crippen LogP contribution >= 0.6 is 15.9 Å². The Bertz CT molecular complexity index is 589. The summed E-state index contributed by atoms with van der Waals surface area (Å²) in [4.78, 5) is 0. The molecule has 2 aromatic carbocycles. The monoisotopic (exact) mass is 333 g/mol. The molecule has 108 valence electrons. The number of benzene rings is 2. The zero-order valence-electron chi connectivity index (χ0n) is 12.8. The highest BCUT2D eigenvalue weighted by Gasteiger charge is 2.29. The summed E-state index contributed by atoms with van der Waals surface area (Å²) in [6, 6.07) is 13.4. The molecule has 1 N–H and O–H groups in total. The van der Waals surface area contributed by atoms with Gasteiger partial charge >= 0.3 is 0 Å². The van der Waals surface area contributed by atoms with E-state index in [2.05, 4.69) is 85.3 Å². The van der Waals surface area contributed by atoms with E-state index < -0.39 is 0 Å². The fraction of sp³-hybridized carbons (Fsp3) is 0.444. The van der Waals surface area contributed by atoms with Crippen LogP contribution in [0.4, 0.5) is 0 Å². The van der Waals surface area contributed by atoms with Crippen molar-refractivity contribution in [2.45, 2.75) is 40.2 Å². The van der Waals surface area contributed by atoms with Crippen LogP contribution in [0.15, 0.2) is 40.9 Å². The van der Waals surface area contributed by atoms with Crippen LogP contribution in [0.5, 0.6) is 0 Å². The summed E-state index contributed by atoms with van der Waals surface area (Å²) in [5.41, 5.74) is 1.63. The Labute approximate surface area is 130 Å². The van der Waals surface area contributed by atoms with E-state index in [0.717, 1.165) is 13.0 Å². The molecule has 0 aliphatic heterocycles. The first-order valence-corrected chi connectivity index (χ1v) is 8.21. The number of hydrogen-bond donors (Lipinski definition) is 1. The molecule has 0 amide bonds. The Hall–Kier alpha value is -0.860. The maximum atomic E-state index is 3.69. The highest BCUT2D eigenvalue weighted by Crippen LogP contribution is 2.40. The van der Waals surface area contributed by atoms with Gasteiger partial charge in [0.15, 0.2) is 0 Å². The fourth-order valence-corrected chi connectivity index (χ4v) is 3.23. The third kappa shape index (κ3) is 2.91. The van der Waals surface area contributed by atoms with E-state index in [4.69, 9.17) is 0 Å². The SMILES string of the molecule is CCNC(c1ccc(Br)c2ccccc12)C(C)(C)CC. The summed E-state index contributed by atoms with van der Waals surface area (Å²) < 4.78 is 1.17. The third-order valence-corrected chi connectivity index (χ3v) is 5.01. The van der Waals surface area contributed by atoms with Crippen LogP contribution in [0.3, 0.4) is 0 Å². The fourth-order valence-electron chi connectivity index (χ4n) is 2.75. The van der Waals surface area contributed by atoms with Crippen LogP contribution in [0, 0.1) is 5.41 Å². The van der Waals surface area contributed by atoms with Crippen molar-refractivity contribution in [3.8, 4) is 0 Å². The maximum absolute atomic E-state index is 3.69. The molecule has 0 aromatic heterocycles. The highest BCUT2D eigenvalue weighted by atomic mass is 79.9. The minimum Gasteiger partial charge on any atom is -0.310 e. The van der Waals surface area contributed by atoms with Crippen molar-refractivity contribution >= 4 is 26.7 Å². The molecule has 0 aliphatic carbocycles. The lowest BCUT2D eigenvalue weighted by molar-refractivity contribution is 0.238. The third-order valence-electron chi connectivity index (χ3n) is 4.32. The number of nitrogens with one attached hydrogen (secondary N) is 1. The van der Waals surface area contributed by atoms with Crippen molar-refractivity contribution in [2.75, 3.05) is 6.54 Å². The lowest BCUT2D eigenvalue weighted by atomic mass is 9.77. The van der Waals surface area contributed by atoms with Gasteiger partial charge in [-0.3, -0.25) is 0 Å². The summed E-state index contributed by atoms with van der Waals surface area (Å²) in [6.07, 6.45) is 1.15. The molecule has 2 heteroatoms. The predicted octanol–water partition coefficient (Wildman–Crippen LogP) is 5.69. The van der Waals surface area contributed by atoms with Gasteiger partial charge in [0.05, 0.1) is 0 Å². The van der Waals surface area contributed by atoms with Crippen LogP contribution in [0.1, 0.15) is 45.7 Å². The van der Waals surface area contributed by atoms with Gasteiger partial charge in [0.25, 0.3) is 0 Å². The van der Waals surface area contributed by atoms with Gasteiger partial charge in [-0.15, -0.1) is 0 Å². The number of halogens is 1. The Morgan fingerprint density at radius 3 is 2.30 bits per heavy atom. The second-order valence-electron chi connectivity index (χ2n) is 6.02. The van der Waals surface area contributed by atoms with E-state index in [1.54, 1.807) is 0 Å².